The Kier molecular flexibility index (Phi) is 4.55. The molecule has 5 nitrogen and oxygen atoms in total. The fourth-order valence-electron chi connectivity index (χ4n) is 1.15. The van der Waals surface area contributed by atoms with Crippen molar-refractivity contribution in [1.82, 2.24) is 10.1 Å². The first-order valence-corrected chi connectivity index (χ1v) is 4.85. The second kappa shape index (κ2) is 5.72. The van der Waals surface area contributed by atoms with E-state index in [1.807, 2.05) is 0 Å². The summed E-state index contributed by atoms with van der Waals surface area (Å²) < 4.78 is 9.94. The van der Waals surface area contributed by atoms with Gasteiger partial charge in [-0.1, -0.05) is 18.5 Å². The highest BCUT2D eigenvalue weighted by Gasteiger charge is 2.13. The molecule has 1 rings (SSSR count). The molecule has 0 spiro atoms. The smallest absolute Gasteiger partial charge is 0.243 e. The molecule has 0 radical (unpaired) electrons. The normalized spacial score (nSPS) is 13.1. The molecular formula is C9H17N3O2. The third-order valence-corrected chi connectivity index (χ3v) is 1.93. The first kappa shape index (κ1) is 11.1. The minimum absolute atomic E-state index is 0.135. The van der Waals surface area contributed by atoms with E-state index in [0.29, 0.717) is 24.7 Å². The standard InChI is InChI=1S/C9H17N3O2/c1-3-4-7(10)9-11-8(12-14-9)5-6-13-2/h7H,3-6,10H2,1-2H3/t7-/m0/s1. The molecule has 0 aromatic carbocycles. The zero-order valence-corrected chi connectivity index (χ0v) is 8.69. The van der Waals surface area contributed by atoms with Crippen LogP contribution in [0.25, 0.3) is 0 Å². The fraction of sp³-hybridized carbons (Fsp3) is 0.778. The molecule has 5 heteroatoms. The van der Waals surface area contributed by atoms with E-state index in [0.717, 1.165) is 12.8 Å². The molecule has 1 heterocycles. The van der Waals surface area contributed by atoms with E-state index in [4.69, 9.17) is 15.0 Å². The van der Waals surface area contributed by atoms with Crippen LogP contribution in [-0.4, -0.2) is 23.9 Å². The Morgan fingerprint density at radius 2 is 2.36 bits per heavy atom. The number of methoxy groups -OCH3 is 1. The topological polar surface area (TPSA) is 74.2 Å². The lowest BCUT2D eigenvalue weighted by Gasteiger charge is -2.01. The summed E-state index contributed by atoms with van der Waals surface area (Å²) in [4.78, 5) is 4.18. The van der Waals surface area contributed by atoms with E-state index >= 15 is 0 Å². The van der Waals surface area contributed by atoms with Crippen molar-refractivity contribution in [3.05, 3.63) is 11.7 Å². The van der Waals surface area contributed by atoms with Crippen LogP contribution < -0.4 is 5.73 Å². The van der Waals surface area contributed by atoms with Crippen LogP contribution in [0.2, 0.25) is 0 Å². The van der Waals surface area contributed by atoms with Crippen LogP contribution in [0.5, 0.6) is 0 Å². The van der Waals surface area contributed by atoms with Gasteiger partial charge in [-0.2, -0.15) is 4.98 Å². The molecule has 0 bridgehead atoms. The van der Waals surface area contributed by atoms with Crippen molar-refractivity contribution >= 4 is 0 Å². The summed E-state index contributed by atoms with van der Waals surface area (Å²) in [7, 11) is 1.64. The second-order valence-corrected chi connectivity index (χ2v) is 3.19. The molecule has 80 valence electrons. The lowest BCUT2D eigenvalue weighted by Crippen LogP contribution is -2.10. The molecule has 0 aliphatic heterocycles. The van der Waals surface area contributed by atoms with Crippen molar-refractivity contribution < 1.29 is 9.26 Å². The quantitative estimate of drug-likeness (QED) is 0.741. The van der Waals surface area contributed by atoms with Gasteiger partial charge >= 0.3 is 0 Å². The average Bonchev–Trinajstić information content (AvgIpc) is 2.63. The van der Waals surface area contributed by atoms with Gasteiger partial charge in [-0.05, 0) is 6.42 Å². The van der Waals surface area contributed by atoms with Crippen LogP contribution in [0.15, 0.2) is 4.52 Å². The van der Waals surface area contributed by atoms with Gasteiger partial charge in [0.05, 0.1) is 12.6 Å². The minimum atomic E-state index is -0.135. The Morgan fingerprint density at radius 3 is 3.00 bits per heavy atom. The molecule has 0 aliphatic carbocycles. The van der Waals surface area contributed by atoms with Gasteiger partial charge in [-0.25, -0.2) is 0 Å². The summed E-state index contributed by atoms with van der Waals surface area (Å²) in [5, 5.41) is 3.81. The monoisotopic (exact) mass is 199 g/mol. The summed E-state index contributed by atoms with van der Waals surface area (Å²) in [6, 6.07) is -0.135. The maximum Gasteiger partial charge on any atom is 0.243 e. The molecule has 14 heavy (non-hydrogen) atoms. The van der Waals surface area contributed by atoms with E-state index in [-0.39, 0.29) is 6.04 Å². The van der Waals surface area contributed by atoms with Crippen LogP contribution in [0.1, 0.15) is 37.5 Å². The van der Waals surface area contributed by atoms with Gasteiger partial charge in [0.25, 0.3) is 0 Å². The molecule has 1 aromatic rings. The Hall–Kier alpha value is -0.940. The Balaban J connectivity index is 2.49. The highest BCUT2D eigenvalue weighted by Crippen LogP contribution is 2.13. The lowest BCUT2D eigenvalue weighted by molar-refractivity contribution is 0.199. The Bertz CT molecular complexity index is 262. The van der Waals surface area contributed by atoms with Crippen molar-refractivity contribution in [2.24, 2.45) is 5.73 Å². The summed E-state index contributed by atoms with van der Waals surface area (Å²) in [5.41, 5.74) is 5.82. The van der Waals surface area contributed by atoms with E-state index in [2.05, 4.69) is 17.1 Å². The average molecular weight is 199 g/mol. The van der Waals surface area contributed by atoms with E-state index in [9.17, 15) is 0 Å². The highest BCUT2D eigenvalue weighted by molar-refractivity contribution is 4.91. The predicted molar refractivity (Wildman–Crippen MR) is 51.7 cm³/mol. The highest BCUT2D eigenvalue weighted by atomic mass is 16.5. The maximum absolute atomic E-state index is 5.82. The molecule has 2 N–H and O–H groups in total. The maximum atomic E-state index is 5.82. The molecule has 1 atom stereocenters. The van der Waals surface area contributed by atoms with Crippen LogP contribution in [0.4, 0.5) is 0 Å². The van der Waals surface area contributed by atoms with E-state index in [1.54, 1.807) is 7.11 Å². The second-order valence-electron chi connectivity index (χ2n) is 3.19. The largest absolute Gasteiger partial charge is 0.384 e. The van der Waals surface area contributed by atoms with Crippen LogP contribution >= 0.6 is 0 Å². The number of hydrogen-bond donors (Lipinski definition) is 1. The fourth-order valence-corrected chi connectivity index (χ4v) is 1.15. The number of nitrogens with zero attached hydrogens (tertiary/aromatic N) is 2. The number of aromatic nitrogens is 2. The number of ether oxygens (including phenoxy) is 1. The zero-order valence-electron chi connectivity index (χ0n) is 8.69. The summed E-state index contributed by atoms with van der Waals surface area (Å²) in [5.74, 6) is 1.19. The van der Waals surface area contributed by atoms with E-state index < -0.39 is 0 Å². The van der Waals surface area contributed by atoms with Crippen molar-refractivity contribution in [3.63, 3.8) is 0 Å². The van der Waals surface area contributed by atoms with Crippen molar-refractivity contribution in [1.29, 1.82) is 0 Å². The van der Waals surface area contributed by atoms with Crippen molar-refractivity contribution in [3.8, 4) is 0 Å². The molecule has 0 amide bonds. The minimum Gasteiger partial charge on any atom is -0.384 e. The van der Waals surface area contributed by atoms with Crippen molar-refractivity contribution in [2.75, 3.05) is 13.7 Å². The van der Waals surface area contributed by atoms with Gasteiger partial charge in [0.15, 0.2) is 5.82 Å². The molecule has 0 saturated heterocycles. The van der Waals surface area contributed by atoms with Gasteiger partial charge < -0.3 is 15.0 Å². The van der Waals surface area contributed by atoms with Crippen LogP contribution in [0.3, 0.4) is 0 Å². The van der Waals surface area contributed by atoms with Crippen molar-refractivity contribution in [2.45, 2.75) is 32.2 Å². The van der Waals surface area contributed by atoms with Gasteiger partial charge in [0.1, 0.15) is 0 Å². The number of rotatable bonds is 6. The molecule has 0 unspecified atom stereocenters. The Labute approximate surface area is 83.6 Å². The van der Waals surface area contributed by atoms with Gasteiger partial charge in [0.2, 0.25) is 5.89 Å². The summed E-state index contributed by atoms with van der Waals surface area (Å²) in [6.07, 6.45) is 2.54. The number of nitrogens with two attached hydrogens (primary N) is 1. The number of hydrogen-bond acceptors (Lipinski definition) is 5. The predicted octanol–water partition coefficient (Wildman–Crippen LogP) is 1.06. The van der Waals surface area contributed by atoms with Gasteiger partial charge in [-0.3, -0.25) is 0 Å². The SMILES string of the molecule is CCC[C@H](N)c1nc(CCOC)no1. The lowest BCUT2D eigenvalue weighted by atomic mass is 10.2. The summed E-state index contributed by atoms with van der Waals surface area (Å²) >= 11 is 0. The van der Waals surface area contributed by atoms with Gasteiger partial charge in [0, 0.05) is 13.5 Å². The molecular weight excluding hydrogens is 182 g/mol. The zero-order chi connectivity index (χ0) is 10.4. The Morgan fingerprint density at radius 1 is 1.57 bits per heavy atom. The third kappa shape index (κ3) is 3.08. The molecule has 1 aromatic heterocycles. The van der Waals surface area contributed by atoms with Crippen LogP contribution in [-0.2, 0) is 11.2 Å². The molecule has 0 aliphatic rings. The van der Waals surface area contributed by atoms with E-state index in [1.165, 1.54) is 0 Å². The van der Waals surface area contributed by atoms with Gasteiger partial charge in [-0.15, -0.1) is 0 Å². The first-order valence-electron chi connectivity index (χ1n) is 4.85. The molecule has 0 fully saturated rings. The molecule has 0 saturated carbocycles. The summed E-state index contributed by atoms with van der Waals surface area (Å²) in [6.45, 7) is 2.67. The first-order chi connectivity index (χ1) is 6.77. The third-order valence-electron chi connectivity index (χ3n) is 1.93. The van der Waals surface area contributed by atoms with Crippen LogP contribution in [0, 0.1) is 0 Å².